The van der Waals surface area contributed by atoms with E-state index >= 15 is 0 Å². The number of para-hydroxylation sites is 1. The molecular formula is C25H26N2O5S. The number of carbonyl (C=O) groups excluding carboxylic acids is 2. The lowest BCUT2D eigenvalue weighted by Gasteiger charge is -2.27. The monoisotopic (exact) mass is 466 g/mol. The molecule has 1 amide bonds. The van der Waals surface area contributed by atoms with Gasteiger partial charge in [0, 0.05) is 23.5 Å². The number of pyridine rings is 1. The van der Waals surface area contributed by atoms with Crippen molar-refractivity contribution in [2.45, 2.75) is 25.8 Å². The third-order valence-electron chi connectivity index (χ3n) is 5.77. The summed E-state index contributed by atoms with van der Waals surface area (Å²) < 4.78 is 29.2. The number of fused-ring (bicyclic) bond motifs is 1. The lowest BCUT2D eigenvalue weighted by Crippen LogP contribution is -2.43. The first-order valence-electron chi connectivity index (χ1n) is 11.0. The largest absolute Gasteiger partial charge is 0.452 e. The minimum Gasteiger partial charge on any atom is -0.452 e. The van der Waals surface area contributed by atoms with E-state index in [9.17, 15) is 18.0 Å². The second kappa shape index (κ2) is 9.70. The maximum Gasteiger partial charge on any atom is 0.339 e. The molecule has 172 valence electrons. The number of aromatic nitrogens is 1. The van der Waals surface area contributed by atoms with Crippen LogP contribution in [0.4, 0.5) is 0 Å². The summed E-state index contributed by atoms with van der Waals surface area (Å²) in [5, 5.41) is 0.641. The number of amides is 1. The highest BCUT2D eigenvalue weighted by atomic mass is 32.2. The zero-order valence-corrected chi connectivity index (χ0v) is 19.3. The van der Waals surface area contributed by atoms with E-state index in [4.69, 9.17) is 4.74 Å². The summed E-state index contributed by atoms with van der Waals surface area (Å²) in [6, 6.07) is 18.1. The second-order valence-electron chi connectivity index (χ2n) is 8.16. The van der Waals surface area contributed by atoms with Crippen LogP contribution in [0.2, 0.25) is 0 Å². The normalized spacial score (nSPS) is 17.1. The number of benzene rings is 2. The highest BCUT2D eigenvalue weighted by Crippen LogP contribution is 2.25. The van der Waals surface area contributed by atoms with Gasteiger partial charge in [0.1, 0.15) is 0 Å². The first-order valence-corrected chi connectivity index (χ1v) is 12.8. The van der Waals surface area contributed by atoms with Crippen molar-refractivity contribution in [3.63, 3.8) is 0 Å². The molecule has 1 aliphatic rings. The highest BCUT2D eigenvalue weighted by Gasteiger charge is 2.34. The molecule has 2 aromatic carbocycles. The van der Waals surface area contributed by atoms with Gasteiger partial charge in [-0.2, -0.15) is 0 Å². The number of esters is 1. The molecule has 1 fully saturated rings. The molecule has 33 heavy (non-hydrogen) atoms. The smallest absolute Gasteiger partial charge is 0.339 e. The van der Waals surface area contributed by atoms with E-state index in [1.807, 2.05) is 55.5 Å². The average Bonchev–Trinajstić information content (AvgIpc) is 3.19. The van der Waals surface area contributed by atoms with Crippen LogP contribution in [0.1, 0.15) is 30.1 Å². The van der Waals surface area contributed by atoms with Crippen LogP contribution in [0.5, 0.6) is 0 Å². The molecule has 4 rings (SSSR count). The van der Waals surface area contributed by atoms with Gasteiger partial charge in [0.15, 0.2) is 16.4 Å². The van der Waals surface area contributed by atoms with Gasteiger partial charge < -0.3 is 9.64 Å². The Morgan fingerprint density at radius 3 is 2.52 bits per heavy atom. The number of sulfone groups is 1. The third kappa shape index (κ3) is 5.22. The lowest BCUT2D eigenvalue weighted by molar-refractivity contribution is -0.136. The van der Waals surface area contributed by atoms with Gasteiger partial charge in [-0.05, 0) is 25.0 Å². The summed E-state index contributed by atoms with van der Waals surface area (Å²) in [7, 11) is -3.13. The summed E-state index contributed by atoms with van der Waals surface area (Å²) >= 11 is 0. The van der Waals surface area contributed by atoms with E-state index in [1.54, 1.807) is 12.1 Å². The molecule has 1 atom stereocenters. The number of nitrogens with zero attached hydrogens (tertiary/aromatic N) is 2. The van der Waals surface area contributed by atoms with Crippen molar-refractivity contribution in [1.82, 2.24) is 9.88 Å². The first-order chi connectivity index (χ1) is 15.9. The zero-order chi connectivity index (χ0) is 23.4. The molecule has 1 aromatic heterocycles. The molecule has 0 spiro atoms. The van der Waals surface area contributed by atoms with Gasteiger partial charge in [-0.25, -0.2) is 18.2 Å². The number of hydrogen-bond acceptors (Lipinski definition) is 6. The van der Waals surface area contributed by atoms with Crippen LogP contribution in [-0.2, 0) is 19.4 Å². The Bertz CT molecular complexity index is 1270. The van der Waals surface area contributed by atoms with Crippen LogP contribution in [0.3, 0.4) is 0 Å². The number of hydrogen-bond donors (Lipinski definition) is 0. The van der Waals surface area contributed by atoms with E-state index < -0.39 is 22.4 Å². The van der Waals surface area contributed by atoms with Gasteiger partial charge in [0.05, 0.1) is 28.3 Å². The number of rotatable bonds is 7. The molecule has 1 saturated heterocycles. The fourth-order valence-electron chi connectivity index (χ4n) is 4.16. The van der Waals surface area contributed by atoms with Gasteiger partial charge in [-0.3, -0.25) is 4.79 Å². The average molecular weight is 467 g/mol. The fraction of sp³-hybridized carbons (Fsp3) is 0.320. The molecule has 3 aromatic rings. The molecule has 0 bridgehead atoms. The molecular weight excluding hydrogens is 440 g/mol. The van der Waals surface area contributed by atoms with Crippen LogP contribution < -0.4 is 0 Å². The van der Waals surface area contributed by atoms with Crippen LogP contribution >= 0.6 is 0 Å². The SMILES string of the molecule is CCCN(C(=O)COC(=O)c1cc(-c2ccccc2)nc2ccccc12)C1CCS(=O)(=O)C1. The Labute approximate surface area is 193 Å². The predicted octanol–water partition coefficient (Wildman–Crippen LogP) is 3.48. The molecule has 1 aliphatic heterocycles. The molecule has 0 saturated carbocycles. The molecule has 2 heterocycles. The summed E-state index contributed by atoms with van der Waals surface area (Å²) in [6.07, 6.45) is 1.10. The van der Waals surface area contributed by atoms with Crippen molar-refractivity contribution >= 4 is 32.6 Å². The Kier molecular flexibility index (Phi) is 6.74. The van der Waals surface area contributed by atoms with Crippen molar-refractivity contribution in [3.05, 3.63) is 66.2 Å². The van der Waals surface area contributed by atoms with Gasteiger partial charge in [0.2, 0.25) is 0 Å². The molecule has 7 nitrogen and oxygen atoms in total. The molecule has 1 unspecified atom stereocenters. The van der Waals surface area contributed by atoms with Gasteiger partial charge in [0.25, 0.3) is 5.91 Å². The van der Waals surface area contributed by atoms with Crippen molar-refractivity contribution in [2.75, 3.05) is 24.7 Å². The minimum absolute atomic E-state index is 0.0396. The Balaban J connectivity index is 1.55. The standard InChI is InChI=1S/C25H26N2O5S/c1-2-13-27(19-12-14-33(30,31)17-19)24(28)16-32-25(29)21-15-23(18-8-4-3-5-9-18)26-22-11-7-6-10-20(21)22/h3-11,15,19H,2,12-14,16-17H2,1H3. The van der Waals surface area contributed by atoms with Crippen LogP contribution in [-0.4, -0.2) is 60.9 Å². The van der Waals surface area contributed by atoms with E-state index in [0.29, 0.717) is 41.5 Å². The van der Waals surface area contributed by atoms with Crippen LogP contribution in [0, 0.1) is 0 Å². The van der Waals surface area contributed by atoms with E-state index in [2.05, 4.69) is 4.98 Å². The highest BCUT2D eigenvalue weighted by molar-refractivity contribution is 7.91. The molecule has 0 N–H and O–H groups in total. The Morgan fingerprint density at radius 2 is 1.82 bits per heavy atom. The summed E-state index contributed by atoms with van der Waals surface area (Å²) in [5.41, 5.74) is 2.49. The van der Waals surface area contributed by atoms with Gasteiger partial charge in [-0.15, -0.1) is 0 Å². The van der Waals surface area contributed by atoms with E-state index in [-0.39, 0.29) is 23.5 Å². The Morgan fingerprint density at radius 1 is 1.09 bits per heavy atom. The van der Waals surface area contributed by atoms with Crippen molar-refractivity contribution < 1.29 is 22.7 Å². The lowest BCUT2D eigenvalue weighted by atomic mass is 10.0. The van der Waals surface area contributed by atoms with E-state index in [0.717, 1.165) is 5.56 Å². The topological polar surface area (TPSA) is 93.6 Å². The number of ether oxygens (including phenoxy) is 1. The van der Waals surface area contributed by atoms with Crippen LogP contribution in [0.15, 0.2) is 60.7 Å². The predicted molar refractivity (Wildman–Crippen MR) is 127 cm³/mol. The minimum atomic E-state index is -3.13. The van der Waals surface area contributed by atoms with Crippen molar-refractivity contribution in [3.8, 4) is 11.3 Å². The summed E-state index contributed by atoms with van der Waals surface area (Å²) in [6.45, 7) is 1.91. The third-order valence-corrected chi connectivity index (χ3v) is 7.52. The zero-order valence-electron chi connectivity index (χ0n) is 18.4. The maximum atomic E-state index is 13.0. The number of carbonyl (C=O) groups is 2. The first kappa shape index (κ1) is 22.9. The summed E-state index contributed by atoms with van der Waals surface area (Å²) in [4.78, 5) is 32.1. The van der Waals surface area contributed by atoms with E-state index in [1.165, 1.54) is 4.90 Å². The van der Waals surface area contributed by atoms with Crippen molar-refractivity contribution in [2.24, 2.45) is 0 Å². The van der Waals surface area contributed by atoms with Gasteiger partial charge >= 0.3 is 5.97 Å². The fourth-order valence-corrected chi connectivity index (χ4v) is 5.89. The molecule has 0 radical (unpaired) electrons. The van der Waals surface area contributed by atoms with Gasteiger partial charge in [-0.1, -0.05) is 55.5 Å². The van der Waals surface area contributed by atoms with Crippen molar-refractivity contribution in [1.29, 1.82) is 0 Å². The molecule has 0 aliphatic carbocycles. The second-order valence-corrected chi connectivity index (χ2v) is 10.4. The van der Waals surface area contributed by atoms with Crippen LogP contribution in [0.25, 0.3) is 22.2 Å². The quantitative estimate of drug-likeness (QED) is 0.495. The molecule has 8 heteroatoms. The Hall–Kier alpha value is -3.26. The maximum absolute atomic E-state index is 13.0. The summed E-state index contributed by atoms with van der Waals surface area (Å²) in [5.74, 6) is -0.957.